The highest BCUT2D eigenvalue weighted by Crippen LogP contribution is 2.19. The number of aromatic nitrogens is 3. The van der Waals surface area contributed by atoms with Crippen molar-refractivity contribution in [3.63, 3.8) is 0 Å². The van der Waals surface area contributed by atoms with Crippen LogP contribution in [0.25, 0.3) is 12.2 Å². The van der Waals surface area contributed by atoms with Gasteiger partial charge in [0.05, 0.1) is 5.75 Å². The first-order valence-electron chi connectivity index (χ1n) is 6.97. The number of thioether (sulfide) groups is 1. The third kappa shape index (κ3) is 4.42. The van der Waals surface area contributed by atoms with Crippen molar-refractivity contribution >= 4 is 29.8 Å². The highest BCUT2D eigenvalue weighted by molar-refractivity contribution is 7.99. The van der Waals surface area contributed by atoms with Gasteiger partial charge in [0.2, 0.25) is 11.1 Å². The van der Waals surface area contributed by atoms with Crippen LogP contribution in [0.4, 0.5) is 4.39 Å². The molecule has 7 heteroatoms. The average Bonchev–Trinajstić information content (AvgIpc) is 3.20. The molecule has 2 aromatic rings. The molecule has 0 radical (unpaired) electrons. The van der Waals surface area contributed by atoms with E-state index < -0.39 is 0 Å². The topological polar surface area (TPSA) is 70.7 Å². The summed E-state index contributed by atoms with van der Waals surface area (Å²) in [5.41, 5.74) is 0.871. The molecule has 1 aromatic carbocycles. The Labute approximate surface area is 131 Å². The number of halogens is 1. The second-order valence-electron chi connectivity index (χ2n) is 5.02. The number of carbonyl (C=O) groups excluding carboxylic acids is 1. The molecule has 0 saturated heterocycles. The maximum Gasteiger partial charge on any atom is 0.230 e. The number of aromatic amines is 1. The fourth-order valence-corrected chi connectivity index (χ4v) is 2.39. The zero-order valence-corrected chi connectivity index (χ0v) is 12.6. The van der Waals surface area contributed by atoms with E-state index in [4.69, 9.17) is 0 Å². The van der Waals surface area contributed by atoms with Gasteiger partial charge in [-0.15, -0.1) is 5.10 Å². The summed E-state index contributed by atoms with van der Waals surface area (Å²) < 4.78 is 12.8. The molecule has 22 heavy (non-hydrogen) atoms. The van der Waals surface area contributed by atoms with Crippen LogP contribution in [-0.4, -0.2) is 32.9 Å². The maximum absolute atomic E-state index is 12.8. The Hall–Kier alpha value is -2.15. The van der Waals surface area contributed by atoms with Gasteiger partial charge in [-0.1, -0.05) is 30.0 Å². The molecule has 1 aliphatic rings. The van der Waals surface area contributed by atoms with Crippen LogP contribution in [0.1, 0.15) is 24.2 Å². The second kappa shape index (κ2) is 6.74. The smallest absolute Gasteiger partial charge is 0.230 e. The quantitative estimate of drug-likeness (QED) is 0.803. The van der Waals surface area contributed by atoms with Gasteiger partial charge in [0.15, 0.2) is 0 Å². The summed E-state index contributed by atoms with van der Waals surface area (Å²) in [4.78, 5) is 15.8. The molecule has 1 fully saturated rings. The molecule has 5 nitrogen and oxygen atoms in total. The Balaban J connectivity index is 1.51. The van der Waals surface area contributed by atoms with Gasteiger partial charge in [0, 0.05) is 6.04 Å². The van der Waals surface area contributed by atoms with Crippen LogP contribution in [0.5, 0.6) is 0 Å². The normalized spacial score (nSPS) is 14.4. The molecular weight excluding hydrogens is 303 g/mol. The van der Waals surface area contributed by atoms with Crippen LogP contribution in [-0.2, 0) is 4.79 Å². The molecule has 0 atom stereocenters. The number of rotatable bonds is 6. The third-order valence-corrected chi connectivity index (χ3v) is 3.91. The minimum Gasteiger partial charge on any atom is -0.353 e. The lowest BCUT2D eigenvalue weighted by Gasteiger charge is -1.99. The van der Waals surface area contributed by atoms with Crippen LogP contribution in [0, 0.1) is 5.82 Å². The lowest BCUT2D eigenvalue weighted by Crippen LogP contribution is -2.27. The van der Waals surface area contributed by atoms with Gasteiger partial charge in [0.1, 0.15) is 11.6 Å². The number of hydrogen-bond donors (Lipinski definition) is 2. The minimum absolute atomic E-state index is 0.0145. The molecule has 0 unspecified atom stereocenters. The number of amides is 1. The number of carbonyl (C=O) groups is 1. The number of nitrogens with zero attached hydrogens (tertiary/aromatic N) is 2. The average molecular weight is 318 g/mol. The summed E-state index contributed by atoms with van der Waals surface area (Å²) in [6, 6.07) is 6.54. The van der Waals surface area contributed by atoms with Crippen LogP contribution >= 0.6 is 11.8 Å². The molecule has 1 amide bonds. The standard InChI is InChI=1S/C15H15FN4OS/c16-11-4-1-10(2-5-11)3-8-13-18-15(20-19-13)22-9-14(21)17-12-6-7-12/h1-5,8,12H,6-7,9H2,(H,17,21)(H,18,19,20). The second-order valence-corrected chi connectivity index (χ2v) is 5.96. The zero-order valence-electron chi connectivity index (χ0n) is 11.8. The molecule has 3 rings (SSSR count). The zero-order chi connectivity index (χ0) is 15.4. The summed E-state index contributed by atoms with van der Waals surface area (Å²) in [5.74, 6) is 0.658. The lowest BCUT2D eigenvalue weighted by molar-refractivity contribution is -0.118. The number of H-pyrrole nitrogens is 1. The maximum atomic E-state index is 12.8. The van der Waals surface area contributed by atoms with Crippen LogP contribution in [0.2, 0.25) is 0 Å². The monoisotopic (exact) mass is 318 g/mol. The van der Waals surface area contributed by atoms with E-state index in [1.165, 1.54) is 23.9 Å². The van der Waals surface area contributed by atoms with E-state index in [9.17, 15) is 9.18 Å². The number of benzene rings is 1. The van der Waals surface area contributed by atoms with E-state index in [-0.39, 0.29) is 11.7 Å². The van der Waals surface area contributed by atoms with Crippen molar-refractivity contribution in [3.05, 3.63) is 41.5 Å². The molecule has 0 bridgehead atoms. The van der Waals surface area contributed by atoms with Gasteiger partial charge in [0.25, 0.3) is 0 Å². The van der Waals surface area contributed by atoms with Gasteiger partial charge < -0.3 is 5.32 Å². The SMILES string of the molecule is O=C(CSc1n[nH]c(C=Cc2ccc(F)cc2)n1)NC1CC1. The molecule has 0 spiro atoms. The van der Waals surface area contributed by atoms with E-state index in [2.05, 4.69) is 20.5 Å². The predicted octanol–water partition coefficient (Wildman–Crippen LogP) is 2.48. The summed E-state index contributed by atoms with van der Waals surface area (Å²) >= 11 is 1.29. The predicted molar refractivity (Wildman–Crippen MR) is 83.6 cm³/mol. The molecular formula is C15H15FN4OS. The van der Waals surface area contributed by atoms with E-state index in [0.29, 0.717) is 22.8 Å². The Kier molecular flexibility index (Phi) is 4.53. The number of hydrogen-bond acceptors (Lipinski definition) is 4. The molecule has 1 aliphatic carbocycles. The molecule has 1 saturated carbocycles. The Bertz CT molecular complexity index is 679. The molecule has 0 aliphatic heterocycles. The minimum atomic E-state index is -0.264. The fourth-order valence-electron chi connectivity index (χ4n) is 1.77. The van der Waals surface area contributed by atoms with Crippen LogP contribution in [0.3, 0.4) is 0 Å². The van der Waals surface area contributed by atoms with E-state index >= 15 is 0 Å². The Morgan fingerprint density at radius 2 is 2.14 bits per heavy atom. The summed E-state index contributed by atoms with van der Waals surface area (Å²) in [7, 11) is 0. The summed E-state index contributed by atoms with van der Waals surface area (Å²) in [6.45, 7) is 0. The number of nitrogens with one attached hydrogen (secondary N) is 2. The van der Waals surface area contributed by atoms with Gasteiger partial charge >= 0.3 is 0 Å². The molecule has 1 aromatic heterocycles. The Morgan fingerprint density at radius 3 is 2.86 bits per heavy atom. The van der Waals surface area contributed by atoms with E-state index in [0.717, 1.165) is 18.4 Å². The van der Waals surface area contributed by atoms with Crippen LogP contribution in [0.15, 0.2) is 29.4 Å². The van der Waals surface area contributed by atoms with Gasteiger partial charge in [-0.3, -0.25) is 9.89 Å². The molecule has 114 valence electrons. The lowest BCUT2D eigenvalue weighted by atomic mass is 10.2. The van der Waals surface area contributed by atoms with Crippen LogP contribution < -0.4 is 5.32 Å². The molecule has 1 heterocycles. The largest absolute Gasteiger partial charge is 0.353 e. The first kappa shape index (κ1) is 14.8. The van der Waals surface area contributed by atoms with Gasteiger partial charge in [-0.2, -0.15) is 0 Å². The van der Waals surface area contributed by atoms with Crippen molar-refractivity contribution in [2.45, 2.75) is 24.0 Å². The third-order valence-electron chi connectivity index (χ3n) is 3.06. The van der Waals surface area contributed by atoms with Gasteiger partial charge in [-0.25, -0.2) is 9.37 Å². The van der Waals surface area contributed by atoms with Crippen molar-refractivity contribution in [1.82, 2.24) is 20.5 Å². The Morgan fingerprint density at radius 1 is 1.36 bits per heavy atom. The van der Waals surface area contributed by atoms with Crippen molar-refractivity contribution in [2.24, 2.45) is 0 Å². The first-order chi connectivity index (χ1) is 10.7. The fraction of sp³-hybridized carbons (Fsp3) is 0.267. The van der Waals surface area contributed by atoms with Crippen molar-refractivity contribution in [1.29, 1.82) is 0 Å². The van der Waals surface area contributed by atoms with Crippen molar-refractivity contribution < 1.29 is 9.18 Å². The van der Waals surface area contributed by atoms with Gasteiger partial charge in [-0.05, 0) is 36.6 Å². The van der Waals surface area contributed by atoms with E-state index in [1.54, 1.807) is 18.2 Å². The summed E-state index contributed by atoms with van der Waals surface area (Å²) in [5, 5.41) is 10.3. The highest BCUT2D eigenvalue weighted by Gasteiger charge is 2.23. The van der Waals surface area contributed by atoms with Crippen molar-refractivity contribution in [3.8, 4) is 0 Å². The molecule has 2 N–H and O–H groups in total. The van der Waals surface area contributed by atoms with Crippen molar-refractivity contribution in [2.75, 3.05) is 5.75 Å². The first-order valence-corrected chi connectivity index (χ1v) is 7.96. The summed E-state index contributed by atoms with van der Waals surface area (Å²) in [6.07, 6.45) is 5.73. The van der Waals surface area contributed by atoms with E-state index in [1.807, 2.05) is 6.08 Å². The highest BCUT2D eigenvalue weighted by atomic mass is 32.2.